The summed E-state index contributed by atoms with van der Waals surface area (Å²) in [6, 6.07) is 13.5. The Bertz CT molecular complexity index is 1410. The standard InChI is InChI=1S/C23H9N7/c24-6-5-16-19(17(13(11-25)12-26)23-22(16)29-9-10-30-23)18-14-3-1-7-27-20(14)21-15(18)4-2-8-28-21/h1-5,7-10H/b16-5-. The molecule has 0 saturated heterocycles. The molecule has 0 aromatic carbocycles. The highest BCUT2D eigenvalue weighted by Crippen LogP contribution is 2.53. The predicted molar refractivity (Wildman–Crippen MR) is 107 cm³/mol. The van der Waals surface area contributed by atoms with Crippen molar-refractivity contribution in [1.29, 1.82) is 15.8 Å². The van der Waals surface area contributed by atoms with Crippen LogP contribution in [0.25, 0.3) is 28.1 Å². The molecule has 7 nitrogen and oxygen atoms in total. The summed E-state index contributed by atoms with van der Waals surface area (Å²) < 4.78 is 0. The molecule has 0 unspecified atom stereocenters. The normalized spacial score (nSPS) is 14.4. The first kappa shape index (κ1) is 17.2. The first-order valence-corrected chi connectivity index (χ1v) is 8.92. The second-order valence-corrected chi connectivity index (χ2v) is 6.46. The number of hydrogen-bond donors (Lipinski definition) is 0. The number of pyridine rings is 2. The average molecular weight is 383 g/mol. The summed E-state index contributed by atoms with van der Waals surface area (Å²) in [7, 11) is 0. The molecule has 3 aromatic heterocycles. The second kappa shape index (κ2) is 6.60. The lowest BCUT2D eigenvalue weighted by Crippen LogP contribution is -1.95. The van der Waals surface area contributed by atoms with Crippen molar-refractivity contribution in [2.24, 2.45) is 0 Å². The SMILES string of the molecule is N#C/C=C1/C(=C2c3cccnc3-c3ncccc32)C(=C(C#N)C#N)c2nccnc21. The van der Waals surface area contributed by atoms with Crippen LogP contribution < -0.4 is 0 Å². The molecule has 0 bridgehead atoms. The maximum absolute atomic E-state index is 9.67. The van der Waals surface area contributed by atoms with E-state index in [1.165, 1.54) is 18.5 Å². The minimum absolute atomic E-state index is 0.0941. The average Bonchev–Trinajstić information content (AvgIpc) is 3.28. The molecule has 0 saturated carbocycles. The fourth-order valence-electron chi connectivity index (χ4n) is 3.94. The van der Waals surface area contributed by atoms with Crippen molar-refractivity contribution in [2.45, 2.75) is 0 Å². The van der Waals surface area contributed by atoms with Crippen molar-refractivity contribution < 1.29 is 0 Å². The Balaban J connectivity index is 2.02. The maximum Gasteiger partial charge on any atom is 0.139 e. The van der Waals surface area contributed by atoms with Gasteiger partial charge in [-0.1, -0.05) is 12.1 Å². The minimum atomic E-state index is -0.0941. The highest BCUT2D eigenvalue weighted by Gasteiger charge is 2.38. The van der Waals surface area contributed by atoms with Gasteiger partial charge in [0.05, 0.1) is 28.8 Å². The topological polar surface area (TPSA) is 123 Å². The van der Waals surface area contributed by atoms with E-state index in [4.69, 9.17) is 0 Å². The fourth-order valence-corrected chi connectivity index (χ4v) is 3.94. The van der Waals surface area contributed by atoms with E-state index in [-0.39, 0.29) is 5.57 Å². The number of aromatic nitrogens is 4. The molecule has 0 N–H and O–H groups in total. The van der Waals surface area contributed by atoms with Crippen LogP contribution in [0.3, 0.4) is 0 Å². The van der Waals surface area contributed by atoms with Gasteiger partial charge in [0.15, 0.2) is 0 Å². The van der Waals surface area contributed by atoms with Crippen LogP contribution in [-0.4, -0.2) is 19.9 Å². The van der Waals surface area contributed by atoms with Crippen molar-refractivity contribution in [2.75, 3.05) is 0 Å². The molecule has 0 aliphatic heterocycles. The molecule has 3 aromatic rings. The third-order valence-electron chi connectivity index (χ3n) is 5.02. The van der Waals surface area contributed by atoms with Gasteiger partial charge in [-0.15, -0.1) is 0 Å². The van der Waals surface area contributed by atoms with Crippen LogP contribution in [0.5, 0.6) is 0 Å². The van der Waals surface area contributed by atoms with Crippen LogP contribution in [0.15, 0.2) is 66.3 Å². The highest BCUT2D eigenvalue weighted by atomic mass is 14.8. The zero-order chi connectivity index (χ0) is 20.7. The first-order valence-electron chi connectivity index (χ1n) is 8.92. The monoisotopic (exact) mass is 383 g/mol. The van der Waals surface area contributed by atoms with Crippen LogP contribution in [0.4, 0.5) is 0 Å². The summed E-state index contributed by atoms with van der Waals surface area (Å²) in [5, 5.41) is 28.8. The largest absolute Gasteiger partial charge is 0.254 e. The zero-order valence-corrected chi connectivity index (χ0v) is 15.3. The lowest BCUT2D eigenvalue weighted by atomic mass is 9.90. The van der Waals surface area contributed by atoms with Gasteiger partial charge in [0.25, 0.3) is 0 Å². The van der Waals surface area contributed by atoms with Gasteiger partial charge in [-0.05, 0) is 12.1 Å². The van der Waals surface area contributed by atoms with Gasteiger partial charge in [-0.25, -0.2) is 0 Å². The fraction of sp³-hybridized carbons (Fsp3) is 0. The third-order valence-corrected chi connectivity index (χ3v) is 5.02. The molecule has 2 aliphatic carbocycles. The van der Waals surface area contributed by atoms with E-state index in [2.05, 4.69) is 26.0 Å². The molecule has 30 heavy (non-hydrogen) atoms. The van der Waals surface area contributed by atoms with Gasteiger partial charge in [0.1, 0.15) is 17.7 Å². The molecular weight excluding hydrogens is 374 g/mol. The Morgan fingerprint density at radius 1 is 0.700 bits per heavy atom. The van der Waals surface area contributed by atoms with E-state index >= 15 is 0 Å². The summed E-state index contributed by atoms with van der Waals surface area (Å²) in [4.78, 5) is 17.8. The van der Waals surface area contributed by atoms with E-state index in [0.717, 1.165) is 16.7 Å². The minimum Gasteiger partial charge on any atom is -0.254 e. The van der Waals surface area contributed by atoms with Crippen molar-refractivity contribution >= 4 is 16.7 Å². The van der Waals surface area contributed by atoms with Gasteiger partial charge in [-0.3, -0.25) is 19.9 Å². The molecule has 0 atom stereocenters. The molecule has 5 rings (SSSR count). The summed E-state index contributed by atoms with van der Waals surface area (Å²) >= 11 is 0. The number of nitrogens with zero attached hydrogens (tertiary/aromatic N) is 7. The van der Waals surface area contributed by atoms with Crippen LogP contribution in [0.2, 0.25) is 0 Å². The van der Waals surface area contributed by atoms with Crippen molar-refractivity contribution in [3.05, 3.63) is 88.8 Å². The Morgan fingerprint density at radius 2 is 1.27 bits per heavy atom. The molecule has 2 aliphatic rings. The number of rotatable bonds is 0. The Hall–Kier alpha value is -4.93. The van der Waals surface area contributed by atoms with Crippen molar-refractivity contribution in [3.8, 4) is 29.6 Å². The van der Waals surface area contributed by atoms with Crippen LogP contribution in [0, 0.1) is 34.0 Å². The second-order valence-electron chi connectivity index (χ2n) is 6.46. The molecule has 0 amide bonds. The summed E-state index contributed by atoms with van der Waals surface area (Å²) in [5.74, 6) is 0. The maximum atomic E-state index is 9.67. The van der Waals surface area contributed by atoms with E-state index in [0.29, 0.717) is 39.5 Å². The van der Waals surface area contributed by atoms with E-state index < -0.39 is 0 Å². The molecule has 136 valence electrons. The Morgan fingerprint density at radius 3 is 1.83 bits per heavy atom. The van der Waals surface area contributed by atoms with Gasteiger partial charge in [0, 0.05) is 64.3 Å². The quantitative estimate of drug-likeness (QED) is 0.426. The van der Waals surface area contributed by atoms with Crippen LogP contribution in [-0.2, 0) is 0 Å². The first-order chi connectivity index (χ1) is 14.8. The predicted octanol–water partition coefficient (Wildman–Crippen LogP) is 3.47. The number of hydrogen-bond acceptors (Lipinski definition) is 7. The molecule has 3 heterocycles. The summed E-state index contributed by atoms with van der Waals surface area (Å²) in [6.45, 7) is 0. The van der Waals surface area contributed by atoms with Gasteiger partial charge in [-0.2, -0.15) is 15.8 Å². The Labute approximate surface area is 171 Å². The molecule has 0 fully saturated rings. The molecular formula is C23H9N7. The highest BCUT2D eigenvalue weighted by molar-refractivity contribution is 6.18. The molecule has 0 radical (unpaired) electrons. The van der Waals surface area contributed by atoms with E-state index in [1.807, 2.05) is 36.4 Å². The lowest BCUT2D eigenvalue weighted by molar-refractivity contribution is 1.16. The Kier molecular flexibility index (Phi) is 3.78. The van der Waals surface area contributed by atoms with Crippen molar-refractivity contribution in [1.82, 2.24) is 19.9 Å². The third kappa shape index (κ3) is 2.22. The smallest absolute Gasteiger partial charge is 0.139 e. The van der Waals surface area contributed by atoms with Crippen LogP contribution >= 0.6 is 0 Å². The van der Waals surface area contributed by atoms with Gasteiger partial charge in [0.2, 0.25) is 0 Å². The molecule has 7 heteroatoms. The number of allylic oxidation sites excluding steroid dienone is 5. The van der Waals surface area contributed by atoms with Crippen LogP contribution in [0.1, 0.15) is 22.5 Å². The van der Waals surface area contributed by atoms with E-state index in [1.54, 1.807) is 12.4 Å². The molecule has 0 spiro atoms. The van der Waals surface area contributed by atoms with Crippen molar-refractivity contribution in [3.63, 3.8) is 0 Å². The number of fused-ring (bicyclic) bond motifs is 4. The number of nitriles is 3. The zero-order valence-electron chi connectivity index (χ0n) is 15.3. The summed E-state index contributed by atoms with van der Waals surface area (Å²) in [6.07, 6.45) is 7.78. The lowest BCUT2D eigenvalue weighted by Gasteiger charge is -2.11. The van der Waals surface area contributed by atoms with E-state index in [9.17, 15) is 15.8 Å². The van der Waals surface area contributed by atoms with Gasteiger partial charge < -0.3 is 0 Å². The summed E-state index contributed by atoms with van der Waals surface area (Å²) in [5.41, 5.74) is 6.00. The van der Waals surface area contributed by atoms with Gasteiger partial charge >= 0.3 is 0 Å².